The molecule has 0 atom stereocenters. The fraction of sp³-hybridized carbons (Fsp3) is 0.500. The minimum Gasteiger partial charge on any atom is -0.326 e. The zero-order valence-corrected chi connectivity index (χ0v) is 14.6. The van der Waals surface area contributed by atoms with Crippen LogP contribution in [0.1, 0.15) is 32.1 Å². The highest BCUT2D eigenvalue weighted by Crippen LogP contribution is 2.33. The highest BCUT2D eigenvalue weighted by molar-refractivity contribution is 8.00. The molecule has 0 radical (unpaired) electrons. The van der Waals surface area contributed by atoms with Crippen molar-refractivity contribution in [2.24, 2.45) is 0 Å². The Balaban J connectivity index is 1.69. The van der Waals surface area contributed by atoms with Crippen molar-refractivity contribution >= 4 is 39.2 Å². The van der Waals surface area contributed by atoms with Crippen LogP contribution in [-0.2, 0) is 4.79 Å². The van der Waals surface area contributed by atoms with Crippen molar-refractivity contribution in [1.82, 2.24) is 14.9 Å². The number of aromatic nitrogens is 2. The van der Waals surface area contributed by atoms with E-state index in [-0.39, 0.29) is 5.91 Å². The van der Waals surface area contributed by atoms with Gasteiger partial charge in [0, 0.05) is 12.4 Å². The lowest BCUT2D eigenvalue weighted by molar-refractivity contribution is -0.131. The normalized spacial score (nSPS) is 16.9. The number of hydrogen-bond donors (Lipinski definition) is 0. The molecule has 2 aromatic heterocycles. The van der Waals surface area contributed by atoms with Crippen molar-refractivity contribution in [2.45, 2.75) is 42.7 Å². The Labute approximate surface area is 143 Å². The van der Waals surface area contributed by atoms with E-state index in [1.54, 1.807) is 23.3 Å². The molecule has 1 aliphatic rings. The van der Waals surface area contributed by atoms with Crippen molar-refractivity contribution < 1.29 is 4.79 Å². The maximum Gasteiger partial charge on any atom is 0.234 e. The van der Waals surface area contributed by atoms with Crippen LogP contribution in [0, 0.1) is 11.3 Å². The molecule has 1 aliphatic carbocycles. The molecule has 23 heavy (non-hydrogen) atoms. The van der Waals surface area contributed by atoms with Crippen LogP contribution in [0.25, 0.3) is 10.2 Å². The predicted octanol–water partition coefficient (Wildman–Crippen LogP) is 3.47. The maximum atomic E-state index is 12.6. The van der Waals surface area contributed by atoms with Crippen LogP contribution in [0.3, 0.4) is 0 Å². The molecule has 0 aromatic carbocycles. The summed E-state index contributed by atoms with van der Waals surface area (Å²) in [7, 11) is 1.76. The van der Waals surface area contributed by atoms with Crippen LogP contribution in [0.2, 0.25) is 0 Å². The third kappa shape index (κ3) is 3.19. The number of carbonyl (C=O) groups excluding carboxylic acids is 1. The molecule has 0 bridgehead atoms. The van der Waals surface area contributed by atoms with E-state index >= 15 is 0 Å². The van der Waals surface area contributed by atoms with Gasteiger partial charge >= 0.3 is 0 Å². The van der Waals surface area contributed by atoms with E-state index < -0.39 is 5.54 Å². The van der Waals surface area contributed by atoms with Crippen LogP contribution in [0.4, 0.5) is 0 Å². The lowest BCUT2D eigenvalue weighted by Gasteiger charge is -2.39. The average molecular weight is 346 g/mol. The molecular formula is C16H18N4OS2. The van der Waals surface area contributed by atoms with Gasteiger partial charge in [0.2, 0.25) is 5.91 Å². The number of fused-ring (bicyclic) bond motifs is 1. The van der Waals surface area contributed by atoms with Gasteiger partial charge in [0.15, 0.2) is 0 Å². The van der Waals surface area contributed by atoms with E-state index in [0.717, 1.165) is 47.3 Å². The highest BCUT2D eigenvalue weighted by atomic mass is 32.2. The molecule has 0 aliphatic heterocycles. The average Bonchev–Trinajstić information content (AvgIpc) is 3.08. The maximum absolute atomic E-state index is 12.6. The molecule has 1 fully saturated rings. The third-order valence-corrected chi connectivity index (χ3v) is 6.27. The molecule has 2 heterocycles. The van der Waals surface area contributed by atoms with Crippen molar-refractivity contribution in [3.05, 3.63) is 17.8 Å². The van der Waals surface area contributed by atoms with Crippen LogP contribution in [0.5, 0.6) is 0 Å². The molecule has 3 rings (SSSR count). The van der Waals surface area contributed by atoms with Crippen molar-refractivity contribution in [2.75, 3.05) is 12.8 Å². The molecule has 0 spiro atoms. The molecule has 0 saturated heterocycles. The summed E-state index contributed by atoms with van der Waals surface area (Å²) in [6.45, 7) is 0. The SMILES string of the molecule is CN(C(=O)CSc1ncnc2sccc12)C1(C#N)CCCCC1. The minimum absolute atomic E-state index is 0.0135. The molecule has 2 aromatic rings. The second kappa shape index (κ2) is 6.85. The van der Waals surface area contributed by atoms with Crippen LogP contribution in [0.15, 0.2) is 22.8 Å². The number of amides is 1. The van der Waals surface area contributed by atoms with Crippen molar-refractivity contribution in [1.29, 1.82) is 5.26 Å². The van der Waals surface area contributed by atoms with Gasteiger partial charge in [0.25, 0.3) is 0 Å². The number of nitriles is 1. The first-order chi connectivity index (χ1) is 11.2. The van der Waals surface area contributed by atoms with Crippen LogP contribution >= 0.6 is 23.1 Å². The summed E-state index contributed by atoms with van der Waals surface area (Å²) in [6.07, 6.45) is 6.27. The topological polar surface area (TPSA) is 69.9 Å². The second-order valence-corrected chi connectivity index (χ2v) is 7.62. The number of carbonyl (C=O) groups is 1. The van der Waals surface area contributed by atoms with E-state index in [1.165, 1.54) is 18.1 Å². The number of thiophene rings is 1. The molecule has 5 nitrogen and oxygen atoms in total. The summed E-state index contributed by atoms with van der Waals surface area (Å²) >= 11 is 2.98. The largest absolute Gasteiger partial charge is 0.326 e. The molecule has 0 N–H and O–H groups in total. The third-order valence-electron chi connectivity index (χ3n) is 4.46. The Morgan fingerprint density at radius 1 is 1.43 bits per heavy atom. The molecule has 7 heteroatoms. The minimum atomic E-state index is -0.626. The monoisotopic (exact) mass is 346 g/mol. The van der Waals surface area contributed by atoms with E-state index in [0.29, 0.717) is 5.75 Å². The first kappa shape index (κ1) is 16.2. The number of hydrogen-bond acceptors (Lipinski definition) is 6. The molecular weight excluding hydrogens is 328 g/mol. The van der Waals surface area contributed by atoms with Crippen LogP contribution in [-0.4, -0.2) is 39.1 Å². The number of nitrogens with zero attached hydrogens (tertiary/aromatic N) is 4. The Morgan fingerprint density at radius 3 is 2.96 bits per heavy atom. The zero-order valence-electron chi connectivity index (χ0n) is 13.0. The lowest BCUT2D eigenvalue weighted by Crippen LogP contribution is -2.50. The van der Waals surface area contributed by atoms with Gasteiger partial charge in [-0.3, -0.25) is 4.79 Å². The van der Waals surface area contributed by atoms with Gasteiger partial charge in [-0.05, 0) is 24.3 Å². The summed E-state index contributed by atoms with van der Waals surface area (Å²) in [5.41, 5.74) is -0.626. The number of thioether (sulfide) groups is 1. The van der Waals surface area contributed by atoms with Gasteiger partial charge in [-0.2, -0.15) is 5.26 Å². The Bertz CT molecular complexity index is 746. The van der Waals surface area contributed by atoms with Gasteiger partial charge in [-0.15, -0.1) is 11.3 Å². The summed E-state index contributed by atoms with van der Waals surface area (Å²) in [5.74, 6) is 0.280. The Kier molecular flexibility index (Phi) is 4.83. The summed E-state index contributed by atoms with van der Waals surface area (Å²) in [6, 6.07) is 4.37. The van der Waals surface area contributed by atoms with Crippen molar-refractivity contribution in [3.63, 3.8) is 0 Å². The standard InChI is InChI=1S/C16H18N4OS2/c1-20(16(10-17)6-3-2-4-7-16)13(21)9-23-15-12-5-8-22-14(12)18-11-19-15/h5,8,11H,2-4,6-7,9H2,1H3. The summed E-state index contributed by atoms with van der Waals surface area (Å²) in [4.78, 5) is 23.7. The summed E-state index contributed by atoms with van der Waals surface area (Å²) < 4.78 is 0. The first-order valence-corrected chi connectivity index (χ1v) is 9.52. The van der Waals surface area contributed by atoms with E-state index in [4.69, 9.17) is 0 Å². The van der Waals surface area contributed by atoms with Gasteiger partial charge in [0.05, 0.1) is 11.8 Å². The molecule has 1 amide bonds. The fourth-order valence-corrected chi connectivity index (χ4v) is 4.70. The molecule has 1 saturated carbocycles. The Hall–Kier alpha value is -1.65. The quantitative estimate of drug-likeness (QED) is 0.626. The smallest absolute Gasteiger partial charge is 0.234 e. The molecule has 120 valence electrons. The van der Waals surface area contributed by atoms with Gasteiger partial charge in [-0.1, -0.05) is 31.0 Å². The fourth-order valence-electron chi connectivity index (χ4n) is 3.01. The van der Waals surface area contributed by atoms with E-state index in [1.807, 2.05) is 11.4 Å². The van der Waals surface area contributed by atoms with Crippen molar-refractivity contribution in [3.8, 4) is 6.07 Å². The first-order valence-electron chi connectivity index (χ1n) is 7.65. The van der Waals surface area contributed by atoms with Gasteiger partial charge in [-0.25, -0.2) is 9.97 Å². The van der Waals surface area contributed by atoms with Gasteiger partial charge in [0.1, 0.15) is 21.7 Å². The zero-order chi connectivity index (χ0) is 16.3. The molecule has 0 unspecified atom stereocenters. The Morgan fingerprint density at radius 2 is 2.22 bits per heavy atom. The number of rotatable bonds is 4. The van der Waals surface area contributed by atoms with E-state index in [2.05, 4.69) is 16.0 Å². The lowest BCUT2D eigenvalue weighted by atomic mass is 9.81. The summed E-state index contributed by atoms with van der Waals surface area (Å²) in [5, 5.41) is 13.4. The van der Waals surface area contributed by atoms with Gasteiger partial charge < -0.3 is 4.90 Å². The van der Waals surface area contributed by atoms with Crippen LogP contribution < -0.4 is 0 Å². The highest BCUT2D eigenvalue weighted by Gasteiger charge is 2.38. The second-order valence-electron chi connectivity index (χ2n) is 5.76. The predicted molar refractivity (Wildman–Crippen MR) is 92.3 cm³/mol. The van der Waals surface area contributed by atoms with E-state index in [9.17, 15) is 10.1 Å².